The highest BCUT2D eigenvalue weighted by molar-refractivity contribution is 7.98. The van der Waals surface area contributed by atoms with E-state index in [0.29, 0.717) is 17.7 Å². The van der Waals surface area contributed by atoms with Gasteiger partial charge in [0.15, 0.2) is 0 Å². The Balaban J connectivity index is 2.21. The molecule has 4 amide bonds. The summed E-state index contributed by atoms with van der Waals surface area (Å²) in [6.07, 6.45) is 1.59. The molecule has 2 rings (SSSR count). The number of nitrogens with one attached hydrogen (secondary N) is 3. The molecule has 4 atom stereocenters. The fourth-order valence-electron chi connectivity index (χ4n) is 3.74. The van der Waals surface area contributed by atoms with Crippen LogP contribution in [0.3, 0.4) is 0 Å². The molecule has 0 bridgehead atoms. The normalized spacial score (nSPS) is 13.8. The molecular weight excluding hydrogens is 538 g/mol. The van der Waals surface area contributed by atoms with Gasteiger partial charge in [-0.3, -0.25) is 19.2 Å². The molecule has 4 unspecified atom stereocenters. The first-order valence-electron chi connectivity index (χ1n) is 12.5. The molecule has 2 aromatic carbocycles. The lowest BCUT2D eigenvalue weighted by molar-refractivity contribution is -0.142. The van der Waals surface area contributed by atoms with Gasteiger partial charge in [-0.25, -0.2) is 4.79 Å². The van der Waals surface area contributed by atoms with Crippen molar-refractivity contribution in [2.45, 2.75) is 49.9 Å². The number of thioether (sulfide) groups is 1. The number of rotatable bonds is 16. The van der Waals surface area contributed by atoms with E-state index >= 15 is 0 Å². The van der Waals surface area contributed by atoms with Crippen molar-refractivity contribution in [3.8, 4) is 5.75 Å². The number of carbonyl (C=O) groups excluding carboxylic acids is 4. The van der Waals surface area contributed by atoms with Crippen LogP contribution in [-0.4, -0.2) is 76.0 Å². The zero-order valence-corrected chi connectivity index (χ0v) is 22.9. The molecule has 0 heterocycles. The number of hydrogen-bond acceptors (Lipinski definition) is 8. The van der Waals surface area contributed by atoms with E-state index in [1.165, 1.54) is 36.0 Å². The lowest BCUT2D eigenvalue weighted by Crippen LogP contribution is -2.58. The number of aromatic hydroxyl groups is 1. The Hall–Kier alpha value is -4.10. The Morgan fingerprint density at radius 3 is 1.90 bits per heavy atom. The van der Waals surface area contributed by atoms with Gasteiger partial charge in [-0.2, -0.15) is 11.8 Å². The fraction of sp³-hybridized carbons (Fsp3) is 0.370. The van der Waals surface area contributed by atoms with Crippen LogP contribution in [0.2, 0.25) is 0 Å². The molecule has 0 saturated heterocycles. The number of benzene rings is 2. The Kier molecular flexibility index (Phi) is 12.9. The summed E-state index contributed by atoms with van der Waals surface area (Å²) in [6, 6.07) is 9.67. The lowest BCUT2D eigenvalue weighted by atomic mass is 10.0. The molecule has 0 radical (unpaired) electrons. The van der Waals surface area contributed by atoms with Gasteiger partial charge in [-0.05, 0) is 41.7 Å². The molecule has 40 heavy (non-hydrogen) atoms. The molecule has 0 aliphatic carbocycles. The maximum Gasteiger partial charge on any atom is 0.326 e. The van der Waals surface area contributed by atoms with Gasteiger partial charge < -0.3 is 37.6 Å². The molecule has 0 fully saturated rings. The van der Waals surface area contributed by atoms with Crippen LogP contribution in [0.1, 0.15) is 24.0 Å². The summed E-state index contributed by atoms with van der Waals surface area (Å²) >= 11 is 1.52. The molecule has 12 nitrogen and oxygen atoms in total. The third-order valence-corrected chi connectivity index (χ3v) is 6.56. The third kappa shape index (κ3) is 10.9. The number of phenols is 1. The van der Waals surface area contributed by atoms with Gasteiger partial charge >= 0.3 is 5.97 Å². The zero-order valence-electron chi connectivity index (χ0n) is 22.0. The van der Waals surface area contributed by atoms with Crippen molar-refractivity contribution in [2.75, 3.05) is 12.0 Å². The largest absolute Gasteiger partial charge is 0.508 e. The van der Waals surface area contributed by atoms with Crippen LogP contribution in [0.15, 0.2) is 54.6 Å². The molecule has 2 aromatic rings. The highest BCUT2D eigenvalue weighted by atomic mass is 32.2. The first-order valence-corrected chi connectivity index (χ1v) is 13.9. The molecule has 0 saturated carbocycles. The number of phenolic OH excluding ortho intramolecular Hbond substituents is 1. The van der Waals surface area contributed by atoms with Gasteiger partial charge in [-0.15, -0.1) is 0 Å². The van der Waals surface area contributed by atoms with Crippen molar-refractivity contribution in [1.82, 2.24) is 16.0 Å². The van der Waals surface area contributed by atoms with Gasteiger partial charge in [0.25, 0.3) is 0 Å². The van der Waals surface area contributed by atoms with Crippen molar-refractivity contribution < 1.29 is 34.2 Å². The number of amides is 4. The minimum atomic E-state index is -1.51. The van der Waals surface area contributed by atoms with Gasteiger partial charge in [0.1, 0.15) is 23.9 Å². The molecular formula is C27H35N5O7S. The molecule has 0 spiro atoms. The molecule has 0 aliphatic rings. The van der Waals surface area contributed by atoms with Crippen LogP contribution >= 0.6 is 11.8 Å². The Bertz CT molecular complexity index is 1160. The number of carboxylic acid groups (broad SMARTS) is 1. The highest BCUT2D eigenvalue weighted by Gasteiger charge is 2.31. The van der Waals surface area contributed by atoms with E-state index in [9.17, 15) is 34.2 Å². The maximum absolute atomic E-state index is 13.3. The summed E-state index contributed by atoms with van der Waals surface area (Å²) in [7, 11) is 0. The standard InChI is InChI=1S/C27H35N5O7S/c1-40-12-11-19(28)24(35)30-20(13-16-5-3-2-4-6-16)25(36)31-21(15-23(29)34)26(37)32-22(27(38)39)14-17-7-9-18(33)10-8-17/h2-10,19-22,33H,11-15,28H2,1H3,(H2,29,34)(H,30,35)(H,31,36)(H,32,37)(H,38,39). The summed E-state index contributed by atoms with van der Waals surface area (Å²) in [4.78, 5) is 62.6. The second-order valence-corrected chi connectivity index (χ2v) is 10.1. The monoisotopic (exact) mass is 573 g/mol. The van der Waals surface area contributed by atoms with Crippen molar-refractivity contribution in [3.63, 3.8) is 0 Å². The summed E-state index contributed by atoms with van der Waals surface area (Å²) < 4.78 is 0. The van der Waals surface area contributed by atoms with Crippen LogP contribution in [0.4, 0.5) is 0 Å². The van der Waals surface area contributed by atoms with Crippen molar-refractivity contribution in [3.05, 3.63) is 65.7 Å². The topological polar surface area (TPSA) is 214 Å². The summed E-state index contributed by atoms with van der Waals surface area (Å²) in [5, 5.41) is 26.5. The van der Waals surface area contributed by atoms with Gasteiger partial charge in [0.2, 0.25) is 23.6 Å². The SMILES string of the molecule is CSCCC(N)C(=O)NC(Cc1ccccc1)C(=O)NC(CC(N)=O)C(=O)NC(Cc1ccc(O)cc1)C(=O)O. The fourth-order valence-corrected chi connectivity index (χ4v) is 4.23. The van der Waals surface area contributed by atoms with Crippen LogP contribution in [0.25, 0.3) is 0 Å². The first-order chi connectivity index (χ1) is 19.0. The van der Waals surface area contributed by atoms with E-state index in [1.807, 2.05) is 6.26 Å². The van der Waals surface area contributed by atoms with Crippen LogP contribution in [0, 0.1) is 0 Å². The van der Waals surface area contributed by atoms with E-state index < -0.39 is 60.2 Å². The first kappa shape index (κ1) is 32.1. The summed E-state index contributed by atoms with van der Waals surface area (Å²) in [5.41, 5.74) is 12.5. The molecule has 13 heteroatoms. The predicted octanol–water partition coefficient (Wildman–Crippen LogP) is -0.328. The highest BCUT2D eigenvalue weighted by Crippen LogP contribution is 2.12. The zero-order chi connectivity index (χ0) is 29.7. The number of carbonyl (C=O) groups is 5. The number of hydrogen-bond donors (Lipinski definition) is 7. The Morgan fingerprint density at radius 2 is 1.32 bits per heavy atom. The summed E-state index contributed by atoms with van der Waals surface area (Å²) in [6.45, 7) is 0. The third-order valence-electron chi connectivity index (χ3n) is 5.91. The number of aliphatic carboxylic acids is 1. The van der Waals surface area contributed by atoms with E-state index in [1.54, 1.807) is 30.3 Å². The number of nitrogens with two attached hydrogens (primary N) is 2. The van der Waals surface area contributed by atoms with Crippen molar-refractivity contribution in [2.24, 2.45) is 11.5 Å². The van der Waals surface area contributed by atoms with Crippen molar-refractivity contribution in [1.29, 1.82) is 0 Å². The Labute approximate surface area is 236 Å². The number of primary amides is 1. The van der Waals surface area contributed by atoms with E-state index in [2.05, 4.69) is 16.0 Å². The lowest BCUT2D eigenvalue weighted by Gasteiger charge is -2.25. The minimum Gasteiger partial charge on any atom is -0.508 e. The molecule has 216 valence electrons. The average Bonchev–Trinajstić information content (AvgIpc) is 2.91. The molecule has 0 aliphatic heterocycles. The van der Waals surface area contributed by atoms with Crippen molar-refractivity contribution >= 4 is 41.4 Å². The smallest absolute Gasteiger partial charge is 0.326 e. The van der Waals surface area contributed by atoms with Gasteiger partial charge in [0, 0.05) is 12.8 Å². The van der Waals surface area contributed by atoms with E-state index in [0.717, 1.165) is 5.56 Å². The second-order valence-electron chi connectivity index (χ2n) is 9.14. The van der Waals surface area contributed by atoms with Crippen LogP contribution in [0.5, 0.6) is 5.75 Å². The van der Waals surface area contributed by atoms with E-state index in [-0.39, 0.29) is 18.6 Å². The molecule has 9 N–H and O–H groups in total. The maximum atomic E-state index is 13.3. The second kappa shape index (κ2) is 16.1. The van der Waals surface area contributed by atoms with Gasteiger partial charge in [-0.1, -0.05) is 42.5 Å². The average molecular weight is 574 g/mol. The van der Waals surface area contributed by atoms with Crippen LogP contribution in [-0.2, 0) is 36.8 Å². The quantitative estimate of drug-likeness (QED) is 0.140. The Morgan fingerprint density at radius 1 is 0.800 bits per heavy atom. The minimum absolute atomic E-state index is 0.00810. The van der Waals surface area contributed by atoms with Crippen LogP contribution < -0.4 is 27.4 Å². The summed E-state index contributed by atoms with van der Waals surface area (Å²) in [5.74, 6) is -3.90. The molecule has 0 aromatic heterocycles. The number of carboxylic acids is 1. The van der Waals surface area contributed by atoms with E-state index in [4.69, 9.17) is 11.5 Å². The predicted molar refractivity (Wildman–Crippen MR) is 150 cm³/mol. The van der Waals surface area contributed by atoms with Gasteiger partial charge in [0.05, 0.1) is 12.5 Å².